The van der Waals surface area contributed by atoms with Crippen LogP contribution in [0.3, 0.4) is 0 Å². The average molecular weight is 410 g/mol. The highest BCUT2D eigenvalue weighted by molar-refractivity contribution is 7.89. The average Bonchev–Trinajstić information content (AvgIpc) is 2.99. The maximum absolute atomic E-state index is 12.7. The standard InChI is InChI=1S/C20H31N3O4S/c1-22(27-2)28(25,26)19-11-7-8-16(14-19)20(24)21-17-12-13-23(15-17)18-9-5-3-4-6-10-18/h7-8,11,14,17-18H,3-6,9-10,12-13,15H2,1-2H3,(H,21,24). The second-order valence-corrected chi connectivity index (χ2v) is 9.66. The summed E-state index contributed by atoms with van der Waals surface area (Å²) in [6.07, 6.45) is 8.72. The third-order valence-corrected chi connectivity index (χ3v) is 7.56. The van der Waals surface area contributed by atoms with Crippen LogP contribution in [0.25, 0.3) is 0 Å². The van der Waals surface area contributed by atoms with Gasteiger partial charge in [0.15, 0.2) is 0 Å². The molecular formula is C20H31N3O4S. The highest BCUT2D eigenvalue weighted by Crippen LogP contribution is 2.25. The number of sulfonamides is 1. The lowest BCUT2D eigenvalue weighted by molar-refractivity contribution is -0.0258. The number of hydrogen-bond acceptors (Lipinski definition) is 5. The molecule has 8 heteroatoms. The minimum absolute atomic E-state index is 0.0380. The monoisotopic (exact) mass is 409 g/mol. The predicted molar refractivity (Wildman–Crippen MR) is 107 cm³/mol. The Kier molecular flexibility index (Phi) is 7.09. The molecule has 0 radical (unpaired) electrons. The van der Waals surface area contributed by atoms with Gasteiger partial charge in [0.25, 0.3) is 15.9 Å². The summed E-state index contributed by atoms with van der Waals surface area (Å²) in [4.78, 5) is 20.0. The fraction of sp³-hybridized carbons (Fsp3) is 0.650. The first-order valence-electron chi connectivity index (χ1n) is 10.1. The largest absolute Gasteiger partial charge is 0.348 e. The minimum Gasteiger partial charge on any atom is -0.348 e. The topological polar surface area (TPSA) is 78.9 Å². The maximum atomic E-state index is 12.7. The van der Waals surface area contributed by atoms with E-state index in [-0.39, 0.29) is 16.8 Å². The second-order valence-electron chi connectivity index (χ2n) is 7.72. The van der Waals surface area contributed by atoms with Gasteiger partial charge in [-0.2, -0.15) is 0 Å². The van der Waals surface area contributed by atoms with Crippen LogP contribution >= 0.6 is 0 Å². The van der Waals surface area contributed by atoms with Gasteiger partial charge in [-0.25, -0.2) is 8.42 Å². The van der Waals surface area contributed by atoms with Gasteiger partial charge in [0.1, 0.15) is 0 Å². The summed E-state index contributed by atoms with van der Waals surface area (Å²) >= 11 is 0. The fourth-order valence-electron chi connectivity index (χ4n) is 4.17. The molecule has 0 aromatic heterocycles. The first-order chi connectivity index (χ1) is 13.4. The van der Waals surface area contributed by atoms with Gasteiger partial charge in [-0.15, -0.1) is 0 Å². The Hall–Kier alpha value is -1.48. The Morgan fingerprint density at radius 1 is 1.18 bits per heavy atom. The Labute approximate surface area is 168 Å². The molecule has 2 fully saturated rings. The van der Waals surface area contributed by atoms with Gasteiger partial charge in [-0.1, -0.05) is 36.2 Å². The third-order valence-electron chi connectivity index (χ3n) is 5.89. The lowest BCUT2D eigenvalue weighted by atomic mass is 10.1. The molecule has 1 atom stereocenters. The Morgan fingerprint density at radius 3 is 2.57 bits per heavy atom. The number of amides is 1. The van der Waals surface area contributed by atoms with Crippen molar-refractivity contribution in [2.24, 2.45) is 0 Å². The summed E-state index contributed by atoms with van der Waals surface area (Å²) in [5, 5.41) is 3.08. The second kappa shape index (κ2) is 9.35. The number of likely N-dealkylation sites (tertiary alicyclic amines) is 1. The Morgan fingerprint density at radius 2 is 1.89 bits per heavy atom. The zero-order valence-electron chi connectivity index (χ0n) is 16.8. The van der Waals surface area contributed by atoms with Gasteiger partial charge in [-0.3, -0.25) is 14.5 Å². The summed E-state index contributed by atoms with van der Waals surface area (Å²) < 4.78 is 25.6. The molecule has 28 heavy (non-hydrogen) atoms. The third kappa shape index (κ3) is 4.92. The van der Waals surface area contributed by atoms with Gasteiger partial charge < -0.3 is 5.32 Å². The SMILES string of the molecule is CON(C)S(=O)(=O)c1cccc(C(=O)NC2CCN(C3CCCCCC3)C2)c1. The van der Waals surface area contributed by atoms with E-state index in [9.17, 15) is 13.2 Å². The van der Waals surface area contributed by atoms with Crippen molar-refractivity contribution in [3.8, 4) is 0 Å². The molecule has 1 N–H and O–H groups in total. The van der Waals surface area contributed by atoms with Crippen LogP contribution in [0.2, 0.25) is 0 Å². The smallest absolute Gasteiger partial charge is 0.264 e. The first kappa shape index (κ1) is 21.2. The zero-order valence-corrected chi connectivity index (χ0v) is 17.6. The normalized spacial score (nSPS) is 22.3. The van der Waals surface area contributed by atoms with Crippen LogP contribution in [0.4, 0.5) is 0 Å². The van der Waals surface area contributed by atoms with Crippen molar-refractivity contribution in [2.75, 3.05) is 27.2 Å². The summed E-state index contributed by atoms with van der Waals surface area (Å²) in [7, 11) is -1.17. The van der Waals surface area contributed by atoms with E-state index in [0.29, 0.717) is 11.6 Å². The molecule has 1 aromatic rings. The zero-order chi connectivity index (χ0) is 20.1. The van der Waals surface area contributed by atoms with E-state index < -0.39 is 10.0 Å². The number of rotatable bonds is 6. The maximum Gasteiger partial charge on any atom is 0.264 e. The molecule has 2 aliphatic rings. The number of nitrogens with one attached hydrogen (secondary N) is 1. The molecule has 0 bridgehead atoms. The molecule has 1 unspecified atom stereocenters. The van der Waals surface area contributed by atoms with Crippen molar-refractivity contribution in [3.63, 3.8) is 0 Å². The van der Waals surface area contributed by atoms with Gasteiger partial charge in [0.2, 0.25) is 0 Å². The van der Waals surface area contributed by atoms with Gasteiger partial charge >= 0.3 is 0 Å². The lowest BCUT2D eigenvalue weighted by Crippen LogP contribution is -2.39. The van der Waals surface area contributed by atoms with Crippen molar-refractivity contribution in [1.82, 2.24) is 14.7 Å². The summed E-state index contributed by atoms with van der Waals surface area (Å²) in [6.45, 7) is 1.89. The van der Waals surface area contributed by atoms with Crippen LogP contribution in [0.1, 0.15) is 55.3 Å². The molecule has 3 rings (SSSR count). The summed E-state index contributed by atoms with van der Waals surface area (Å²) in [5.41, 5.74) is 0.346. The van der Waals surface area contributed by atoms with Crippen LogP contribution in [-0.2, 0) is 14.9 Å². The number of hydroxylamine groups is 1. The van der Waals surface area contributed by atoms with Crippen LogP contribution in [0.15, 0.2) is 29.2 Å². The first-order valence-corrected chi connectivity index (χ1v) is 11.5. The Bertz CT molecular complexity index is 775. The van der Waals surface area contributed by atoms with Gasteiger partial charge in [-0.05, 0) is 37.5 Å². The molecule has 1 saturated heterocycles. The van der Waals surface area contributed by atoms with Crippen LogP contribution in [0, 0.1) is 0 Å². The number of benzene rings is 1. The fourth-order valence-corrected chi connectivity index (χ4v) is 5.19. The highest BCUT2D eigenvalue weighted by Gasteiger charge is 2.30. The van der Waals surface area contributed by atoms with Crippen molar-refractivity contribution < 1.29 is 18.0 Å². The molecular weight excluding hydrogens is 378 g/mol. The quantitative estimate of drug-likeness (QED) is 0.577. The molecule has 1 saturated carbocycles. The van der Waals surface area contributed by atoms with E-state index in [1.54, 1.807) is 12.1 Å². The molecule has 1 heterocycles. The summed E-state index contributed by atoms with van der Waals surface area (Å²) in [5.74, 6) is -0.232. The van der Waals surface area contributed by atoms with Crippen molar-refractivity contribution >= 4 is 15.9 Å². The van der Waals surface area contributed by atoms with E-state index in [1.165, 1.54) is 64.8 Å². The molecule has 1 aliphatic heterocycles. The van der Waals surface area contributed by atoms with Gasteiger partial charge in [0, 0.05) is 37.8 Å². The van der Waals surface area contributed by atoms with Crippen molar-refractivity contribution in [1.29, 1.82) is 0 Å². The molecule has 1 aliphatic carbocycles. The minimum atomic E-state index is -3.78. The molecule has 1 aromatic carbocycles. The number of hydrogen-bond donors (Lipinski definition) is 1. The van der Waals surface area contributed by atoms with Crippen LogP contribution in [0.5, 0.6) is 0 Å². The van der Waals surface area contributed by atoms with Crippen LogP contribution < -0.4 is 5.32 Å². The Balaban J connectivity index is 1.62. The van der Waals surface area contributed by atoms with E-state index in [0.717, 1.165) is 24.0 Å². The molecule has 7 nitrogen and oxygen atoms in total. The predicted octanol–water partition coefficient (Wildman–Crippen LogP) is 2.40. The lowest BCUT2D eigenvalue weighted by Gasteiger charge is -2.26. The molecule has 156 valence electrons. The number of nitrogens with zero attached hydrogens (tertiary/aromatic N) is 2. The number of carbonyl (C=O) groups excluding carboxylic acids is 1. The summed E-state index contributed by atoms with van der Waals surface area (Å²) in [6, 6.07) is 6.83. The number of carbonyl (C=O) groups is 1. The highest BCUT2D eigenvalue weighted by atomic mass is 32.2. The van der Waals surface area contributed by atoms with Crippen molar-refractivity contribution in [2.45, 2.75) is 61.9 Å². The van der Waals surface area contributed by atoms with E-state index in [4.69, 9.17) is 4.84 Å². The molecule has 0 spiro atoms. The van der Waals surface area contributed by atoms with Gasteiger partial charge in [0.05, 0.1) is 12.0 Å². The van der Waals surface area contributed by atoms with E-state index >= 15 is 0 Å². The molecule has 1 amide bonds. The van der Waals surface area contributed by atoms with E-state index in [2.05, 4.69) is 10.2 Å². The van der Waals surface area contributed by atoms with Crippen molar-refractivity contribution in [3.05, 3.63) is 29.8 Å². The van der Waals surface area contributed by atoms with E-state index in [1.807, 2.05) is 0 Å². The van der Waals surface area contributed by atoms with Crippen LogP contribution in [-0.4, -0.2) is 63.0 Å².